The molecule has 2 aromatic rings. The van der Waals surface area contributed by atoms with Gasteiger partial charge in [0, 0.05) is 28.9 Å². The Morgan fingerprint density at radius 1 is 1.23 bits per heavy atom. The third kappa shape index (κ3) is 2.00. The summed E-state index contributed by atoms with van der Waals surface area (Å²) < 4.78 is 5.54. The molecule has 0 spiro atoms. The smallest absolute Gasteiger partial charge is 0.142 e. The number of rotatable bonds is 2. The van der Waals surface area contributed by atoms with E-state index in [4.69, 9.17) is 16.3 Å². The number of halogens is 1. The van der Waals surface area contributed by atoms with Crippen molar-refractivity contribution in [2.45, 2.75) is 18.4 Å². The first-order chi connectivity index (χ1) is 10.8. The van der Waals surface area contributed by atoms with E-state index in [9.17, 15) is 0 Å². The summed E-state index contributed by atoms with van der Waals surface area (Å²) in [5.74, 6) is 1.65. The lowest BCUT2D eigenvalue weighted by Crippen LogP contribution is -2.29. The Balaban J connectivity index is 1.87. The molecule has 4 heteroatoms. The summed E-state index contributed by atoms with van der Waals surface area (Å²) in [4.78, 5) is 4.13. The number of nitrogens with zero attached hydrogens (tertiary/aromatic N) is 1. The van der Waals surface area contributed by atoms with Gasteiger partial charge >= 0.3 is 0 Å². The third-order valence-corrected chi connectivity index (χ3v) is 5.04. The monoisotopic (exact) mass is 312 g/mol. The molecule has 1 aliphatic heterocycles. The van der Waals surface area contributed by atoms with Gasteiger partial charge in [0.2, 0.25) is 0 Å². The molecule has 0 fully saturated rings. The van der Waals surface area contributed by atoms with Gasteiger partial charge in [-0.1, -0.05) is 23.8 Å². The van der Waals surface area contributed by atoms with Crippen molar-refractivity contribution >= 4 is 17.3 Å². The van der Waals surface area contributed by atoms with Crippen LogP contribution in [0.1, 0.15) is 29.5 Å². The van der Waals surface area contributed by atoms with Crippen LogP contribution in [0.5, 0.6) is 5.75 Å². The molecule has 0 saturated carbocycles. The molecule has 22 heavy (non-hydrogen) atoms. The van der Waals surface area contributed by atoms with Crippen molar-refractivity contribution in [3.63, 3.8) is 0 Å². The van der Waals surface area contributed by atoms with Crippen LogP contribution in [0.2, 0.25) is 5.02 Å². The number of pyridine rings is 1. The molecule has 1 aromatic carbocycles. The van der Waals surface area contributed by atoms with Gasteiger partial charge in [0.1, 0.15) is 5.75 Å². The van der Waals surface area contributed by atoms with E-state index >= 15 is 0 Å². The molecule has 0 amide bonds. The van der Waals surface area contributed by atoms with Crippen LogP contribution in [0, 0.1) is 5.92 Å². The van der Waals surface area contributed by atoms with Gasteiger partial charge in [0.15, 0.2) is 0 Å². The number of benzene rings is 1. The maximum atomic E-state index is 6.49. The molecule has 4 rings (SSSR count). The van der Waals surface area contributed by atoms with Crippen molar-refractivity contribution in [1.29, 1.82) is 0 Å². The quantitative estimate of drug-likeness (QED) is 0.825. The molecule has 2 heterocycles. The highest BCUT2D eigenvalue weighted by atomic mass is 35.5. The Kier molecular flexibility index (Phi) is 3.30. The van der Waals surface area contributed by atoms with Crippen molar-refractivity contribution in [1.82, 2.24) is 4.98 Å². The van der Waals surface area contributed by atoms with Crippen LogP contribution in [-0.2, 0) is 0 Å². The molecule has 1 N–H and O–H groups in total. The van der Waals surface area contributed by atoms with Crippen LogP contribution < -0.4 is 10.1 Å². The topological polar surface area (TPSA) is 34.1 Å². The second-order valence-corrected chi connectivity index (χ2v) is 6.20. The standard InChI is InChI=1S/C18H17ClN2O/c1-22-15-6-5-14(19)16-12-3-2-4-13(12)17(21-18(15)16)11-7-9-20-10-8-11/h2-3,5-10,12-13,17,21H,4H2,1H3/t12?,13?,17-/m1/s1. The number of hydrogen-bond acceptors (Lipinski definition) is 3. The lowest BCUT2D eigenvalue weighted by Gasteiger charge is -2.38. The van der Waals surface area contributed by atoms with Crippen LogP contribution in [-0.4, -0.2) is 12.1 Å². The third-order valence-electron chi connectivity index (χ3n) is 4.71. The SMILES string of the molecule is COc1ccc(Cl)c2c1N[C@H](c1ccncc1)C1CC=CC21. The van der Waals surface area contributed by atoms with E-state index in [0.717, 1.165) is 28.4 Å². The number of ether oxygens (including phenoxy) is 1. The van der Waals surface area contributed by atoms with E-state index in [-0.39, 0.29) is 6.04 Å². The Labute approximate surface area is 135 Å². The van der Waals surface area contributed by atoms with Crippen LogP contribution >= 0.6 is 11.6 Å². The number of allylic oxidation sites excluding steroid dienone is 2. The Morgan fingerprint density at radius 2 is 2.05 bits per heavy atom. The zero-order valence-corrected chi connectivity index (χ0v) is 13.0. The first kappa shape index (κ1) is 13.6. The number of aromatic nitrogens is 1. The second-order valence-electron chi connectivity index (χ2n) is 5.79. The van der Waals surface area contributed by atoms with Crippen molar-refractivity contribution in [2.75, 3.05) is 12.4 Å². The van der Waals surface area contributed by atoms with Crippen LogP contribution in [0.4, 0.5) is 5.69 Å². The fourth-order valence-electron chi connectivity index (χ4n) is 3.71. The number of methoxy groups -OCH3 is 1. The van der Waals surface area contributed by atoms with E-state index < -0.39 is 0 Å². The van der Waals surface area contributed by atoms with Crippen LogP contribution in [0.15, 0.2) is 48.8 Å². The Bertz CT molecular complexity index is 729. The van der Waals surface area contributed by atoms with E-state index in [2.05, 4.69) is 34.6 Å². The molecular formula is C18H17ClN2O. The van der Waals surface area contributed by atoms with Gasteiger partial charge in [-0.2, -0.15) is 0 Å². The fourth-order valence-corrected chi connectivity index (χ4v) is 3.99. The molecule has 1 aromatic heterocycles. The van der Waals surface area contributed by atoms with Gasteiger partial charge in [0.25, 0.3) is 0 Å². The lowest BCUT2D eigenvalue weighted by atomic mass is 9.77. The average Bonchev–Trinajstić information content (AvgIpc) is 3.04. The fraction of sp³-hybridized carbons (Fsp3) is 0.278. The lowest BCUT2D eigenvalue weighted by molar-refractivity contribution is 0.397. The summed E-state index contributed by atoms with van der Waals surface area (Å²) in [6.07, 6.45) is 9.29. The van der Waals surface area contributed by atoms with Crippen LogP contribution in [0.25, 0.3) is 0 Å². The van der Waals surface area contributed by atoms with Crippen molar-refractivity contribution in [2.24, 2.45) is 5.92 Å². The molecule has 2 aliphatic rings. The predicted molar refractivity (Wildman–Crippen MR) is 88.6 cm³/mol. The minimum atomic E-state index is 0.239. The first-order valence-electron chi connectivity index (χ1n) is 7.49. The highest BCUT2D eigenvalue weighted by molar-refractivity contribution is 6.32. The summed E-state index contributed by atoms with van der Waals surface area (Å²) in [7, 11) is 1.70. The number of fused-ring (bicyclic) bond motifs is 3. The zero-order valence-electron chi connectivity index (χ0n) is 12.3. The maximum absolute atomic E-state index is 6.49. The van der Waals surface area contributed by atoms with Crippen molar-refractivity contribution in [3.8, 4) is 5.75 Å². The highest BCUT2D eigenvalue weighted by Gasteiger charge is 2.40. The molecule has 3 nitrogen and oxygen atoms in total. The van der Waals surface area contributed by atoms with Crippen molar-refractivity contribution < 1.29 is 4.74 Å². The summed E-state index contributed by atoms with van der Waals surface area (Å²) in [5.41, 5.74) is 3.43. The van der Waals surface area contributed by atoms with Gasteiger partial charge in [-0.05, 0) is 42.2 Å². The summed E-state index contributed by atoms with van der Waals surface area (Å²) in [5, 5.41) is 4.47. The van der Waals surface area contributed by atoms with Gasteiger partial charge in [-0.3, -0.25) is 4.98 Å². The van der Waals surface area contributed by atoms with Crippen LogP contribution in [0.3, 0.4) is 0 Å². The van der Waals surface area contributed by atoms with E-state index in [1.807, 2.05) is 24.5 Å². The molecule has 2 unspecified atom stereocenters. The largest absolute Gasteiger partial charge is 0.495 e. The molecular weight excluding hydrogens is 296 g/mol. The van der Waals surface area contributed by atoms with Gasteiger partial charge in [-0.15, -0.1) is 0 Å². The second kappa shape index (κ2) is 5.33. The molecule has 1 aliphatic carbocycles. The number of hydrogen-bond donors (Lipinski definition) is 1. The predicted octanol–water partition coefficient (Wildman–Crippen LogP) is 4.57. The molecule has 112 valence electrons. The average molecular weight is 313 g/mol. The Hall–Kier alpha value is -2.00. The van der Waals surface area contributed by atoms with Gasteiger partial charge < -0.3 is 10.1 Å². The molecule has 0 saturated heterocycles. The zero-order chi connectivity index (χ0) is 15.1. The Morgan fingerprint density at radius 3 is 2.82 bits per heavy atom. The normalized spacial score (nSPS) is 25.3. The number of anilines is 1. The van der Waals surface area contributed by atoms with E-state index in [1.165, 1.54) is 5.56 Å². The summed E-state index contributed by atoms with van der Waals surface area (Å²) in [6, 6.07) is 8.25. The number of nitrogens with one attached hydrogen (secondary N) is 1. The van der Waals surface area contributed by atoms with Gasteiger partial charge in [-0.25, -0.2) is 0 Å². The summed E-state index contributed by atoms with van der Waals surface area (Å²) in [6.45, 7) is 0. The molecule has 0 radical (unpaired) electrons. The van der Waals surface area contributed by atoms with Gasteiger partial charge in [0.05, 0.1) is 18.8 Å². The minimum Gasteiger partial charge on any atom is -0.495 e. The molecule has 0 bridgehead atoms. The summed E-state index contributed by atoms with van der Waals surface area (Å²) >= 11 is 6.49. The minimum absolute atomic E-state index is 0.239. The van der Waals surface area contributed by atoms with E-state index in [0.29, 0.717) is 11.8 Å². The van der Waals surface area contributed by atoms with Crippen molar-refractivity contribution in [3.05, 3.63) is 65.0 Å². The van der Waals surface area contributed by atoms with E-state index in [1.54, 1.807) is 7.11 Å². The first-order valence-corrected chi connectivity index (χ1v) is 7.87. The highest BCUT2D eigenvalue weighted by Crippen LogP contribution is 2.54. The maximum Gasteiger partial charge on any atom is 0.142 e. The molecule has 3 atom stereocenters.